The third kappa shape index (κ3) is 1.41. The summed E-state index contributed by atoms with van der Waals surface area (Å²) in [6.07, 6.45) is 0. The van der Waals surface area contributed by atoms with Gasteiger partial charge in [-0.2, -0.15) is 0 Å². The van der Waals surface area contributed by atoms with Crippen molar-refractivity contribution in [3.8, 4) is 0 Å². The lowest BCUT2D eigenvalue weighted by Crippen LogP contribution is -2.18. The molecule has 0 spiro atoms. The molecule has 3 aromatic heterocycles. The molecule has 3 aromatic rings. The molecule has 5 heteroatoms. The normalized spacial score (nSPS) is 13.9. The van der Waals surface area contributed by atoms with E-state index in [1.807, 2.05) is 32.4 Å². The highest BCUT2D eigenvalue weighted by Gasteiger charge is 2.38. The second-order valence-corrected chi connectivity index (χ2v) is 8.31. The van der Waals surface area contributed by atoms with Crippen LogP contribution in [-0.2, 0) is 7.05 Å². The van der Waals surface area contributed by atoms with Gasteiger partial charge in [0.25, 0.3) is 0 Å². The molecule has 0 radical (unpaired) electrons. The number of thiophene rings is 2. The predicted octanol–water partition coefficient (Wildman–Crippen LogP) is 4.31. The van der Waals surface area contributed by atoms with Crippen LogP contribution in [0.3, 0.4) is 0 Å². The summed E-state index contributed by atoms with van der Waals surface area (Å²) in [4.78, 5) is 29.0. The van der Waals surface area contributed by atoms with Gasteiger partial charge in [-0.1, -0.05) is 0 Å². The molecule has 4 rings (SSSR count). The Kier molecular flexibility index (Phi) is 2.64. The molecule has 112 valence electrons. The molecule has 0 fully saturated rings. The predicted molar refractivity (Wildman–Crippen MR) is 90.9 cm³/mol. The van der Waals surface area contributed by atoms with E-state index in [9.17, 15) is 9.59 Å². The average Bonchev–Trinajstić information content (AvgIpc) is 3.06. The van der Waals surface area contributed by atoms with Crippen LogP contribution in [0.1, 0.15) is 52.3 Å². The highest BCUT2D eigenvalue weighted by molar-refractivity contribution is 7.26. The van der Waals surface area contributed by atoms with Gasteiger partial charge in [0, 0.05) is 38.3 Å². The fourth-order valence-electron chi connectivity index (χ4n) is 3.46. The number of ketones is 2. The Labute approximate surface area is 136 Å². The van der Waals surface area contributed by atoms with Gasteiger partial charge >= 0.3 is 0 Å². The highest BCUT2D eigenvalue weighted by Crippen LogP contribution is 2.45. The molecule has 0 amide bonds. The maximum absolute atomic E-state index is 13.1. The first-order chi connectivity index (χ1) is 10.3. The maximum Gasteiger partial charge on any atom is 0.206 e. The van der Waals surface area contributed by atoms with Crippen LogP contribution < -0.4 is 0 Å². The van der Waals surface area contributed by atoms with Crippen molar-refractivity contribution < 1.29 is 9.59 Å². The van der Waals surface area contributed by atoms with Crippen LogP contribution >= 0.6 is 22.7 Å². The standard InChI is InChI=1S/C17H15NO2S2/c1-6-10-11(7(2)18(6)5)15(20)17-13(14(10)19)12-8(3)21-9(4)16(12)22-17/h1-5H3. The summed E-state index contributed by atoms with van der Waals surface area (Å²) in [6.45, 7) is 7.91. The summed E-state index contributed by atoms with van der Waals surface area (Å²) in [6, 6.07) is 0. The van der Waals surface area contributed by atoms with E-state index in [0.717, 1.165) is 26.4 Å². The van der Waals surface area contributed by atoms with Crippen LogP contribution in [0.15, 0.2) is 0 Å². The van der Waals surface area contributed by atoms with E-state index in [1.165, 1.54) is 16.2 Å². The quantitative estimate of drug-likeness (QED) is 0.482. The summed E-state index contributed by atoms with van der Waals surface area (Å²) < 4.78 is 3.04. The average molecular weight is 329 g/mol. The monoisotopic (exact) mass is 329 g/mol. The molecule has 0 aliphatic heterocycles. The van der Waals surface area contributed by atoms with Gasteiger partial charge in [0.2, 0.25) is 5.78 Å². The Morgan fingerprint density at radius 3 is 2.00 bits per heavy atom. The van der Waals surface area contributed by atoms with E-state index in [1.54, 1.807) is 11.3 Å². The van der Waals surface area contributed by atoms with Gasteiger partial charge in [-0.15, -0.1) is 22.7 Å². The molecule has 0 N–H and O–H groups in total. The number of aryl methyl sites for hydroxylation is 2. The van der Waals surface area contributed by atoms with Crippen molar-refractivity contribution in [1.82, 2.24) is 4.57 Å². The number of aromatic nitrogens is 1. The number of rotatable bonds is 0. The Morgan fingerprint density at radius 1 is 0.773 bits per heavy atom. The molecule has 0 unspecified atom stereocenters. The topological polar surface area (TPSA) is 39.1 Å². The Hall–Kier alpha value is -1.72. The van der Waals surface area contributed by atoms with Crippen LogP contribution in [0.4, 0.5) is 0 Å². The number of carbonyl (C=O) groups is 2. The summed E-state index contributed by atoms with van der Waals surface area (Å²) in [5.74, 6) is 0.0220. The summed E-state index contributed by atoms with van der Waals surface area (Å²) in [7, 11) is 1.91. The fourth-order valence-corrected chi connectivity index (χ4v) is 5.93. The van der Waals surface area contributed by atoms with Crippen molar-refractivity contribution in [2.45, 2.75) is 27.7 Å². The molecule has 3 heterocycles. The van der Waals surface area contributed by atoms with Gasteiger partial charge in [-0.05, 0) is 27.7 Å². The van der Waals surface area contributed by atoms with Crippen LogP contribution in [-0.4, -0.2) is 16.1 Å². The lowest BCUT2D eigenvalue weighted by Gasteiger charge is -2.12. The first kappa shape index (κ1) is 13.9. The molecule has 22 heavy (non-hydrogen) atoms. The van der Waals surface area contributed by atoms with Gasteiger partial charge < -0.3 is 4.57 Å². The van der Waals surface area contributed by atoms with Crippen molar-refractivity contribution in [1.29, 1.82) is 0 Å². The van der Waals surface area contributed by atoms with E-state index in [-0.39, 0.29) is 11.6 Å². The minimum atomic E-state index is 0.0100. The van der Waals surface area contributed by atoms with Gasteiger partial charge in [-0.3, -0.25) is 9.59 Å². The van der Waals surface area contributed by atoms with Crippen molar-refractivity contribution in [2.75, 3.05) is 0 Å². The molecule has 1 aliphatic carbocycles. The first-order valence-electron chi connectivity index (χ1n) is 7.12. The summed E-state index contributed by atoms with van der Waals surface area (Å²) >= 11 is 3.18. The van der Waals surface area contributed by atoms with E-state index in [4.69, 9.17) is 0 Å². The number of carbonyl (C=O) groups excluding carboxylic acids is 2. The van der Waals surface area contributed by atoms with E-state index in [0.29, 0.717) is 21.6 Å². The zero-order chi connectivity index (χ0) is 15.9. The van der Waals surface area contributed by atoms with E-state index >= 15 is 0 Å². The number of hydrogen-bond acceptors (Lipinski definition) is 4. The lowest BCUT2D eigenvalue weighted by atomic mass is 9.88. The zero-order valence-electron chi connectivity index (χ0n) is 13.1. The SMILES string of the molecule is Cc1sc(C)c2c3c(sc12)C(=O)c1c(c(C)n(C)c1C)C3=O. The summed E-state index contributed by atoms with van der Waals surface area (Å²) in [5, 5.41) is 0.993. The molecular formula is C17H15NO2S2. The van der Waals surface area contributed by atoms with Crippen LogP contribution in [0.5, 0.6) is 0 Å². The van der Waals surface area contributed by atoms with Crippen LogP contribution in [0.2, 0.25) is 0 Å². The lowest BCUT2D eigenvalue weighted by molar-refractivity contribution is 0.0983. The molecule has 1 aliphatic rings. The Morgan fingerprint density at radius 2 is 1.36 bits per heavy atom. The molecule has 0 aromatic carbocycles. The molecule has 0 atom stereocenters. The molecule has 0 bridgehead atoms. The minimum Gasteiger partial charge on any atom is -0.351 e. The Bertz CT molecular complexity index is 1010. The van der Waals surface area contributed by atoms with Crippen LogP contribution in [0, 0.1) is 27.7 Å². The number of fused-ring (bicyclic) bond motifs is 4. The fraction of sp³-hybridized carbons (Fsp3) is 0.294. The van der Waals surface area contributed by atoms with Gasteiger partial charge in [-0.25, -0.2) is 0 Å². The van der Waals surface area contributed by atoms with Gasteiger partial charge in [0.1, 0.15) is 0 Å². The third-order valence-corrected chi connectivity index (χ3v) is 7.21. The second kappa shape index (κ2) is 4.18. The highest BCUT2D eigenvalue weighted by atomic mass is 32.1. The summed E-state index contributed by atoms with van der Waals surface area (Å²) in [5.41, 5.74) is 3.58. The minimum absolute atomic E-state index is 0.0100. The molecule has 3 nitrogen and oxygen atoms in total. The maximum atomic E-state index is 13.1. The third-order valence-electron chi connectivity index (χ3n) is 4.75. The Balaban J connectivity index is 2.16. The van der Waals surface area contributed by atoms with Gasteiger partial charge in [0.15, 0.2) is 5.78 Å². The molecular weight excluding hydrogens is 314 g/mol. The van der Waals surface area contributed by atoms with Gasteiger partial charge in [0.05, 0.1) is 21.6 Å². The smallest absolute Gasteiger partial charge is 0.206 e. The van der Waals surface area contributed by atoms with E-state index < -0.39 is 0 Å². The van der Waals surface area contributed by atoms with Crippen molar-refractivity contribution in [3.05, 3.63) is 42.7 Å². The number of hydrogen-bond donors (Lipinski definition) is 0. The van der Waals surface area contributed by atoms with Crippen LogP contribution in [0.25, 0.3) is 10.1 Å². The largest absolute Gasteiger partial charge is 0.351 e. The van der Waals surface area contributed by atoms with Crippen molar-refractivity contribution in [2.24, 2.45) is 7.05 Å². The molecule has 0 saturated carbocycles. The van der Waals surface area contributed by atoms with E-state index in [2.05, 4.69) is 6.92 Å². The first-order valence-corrected chi connectivity index (χ1v) is 8.75. The second-order valence-electron chi connectivity index (χ2n) is 5.86. The zero-order valence-corrected chi connectivity index (χ0v) is 14.7. The van der Waals surface area contributed by atoms with Crippen molar-refractivity contribution in [3.63, 3.8) is 0 Å². The molecule has 0 saturated heterocycles. The number of nitrogens with zero attached hydrogens (tertiary/aromatic N) is 1. The van der Waals surface area contributed by atoms with Crippen molar-refractivity contribution >= 4 is 44.3 Å².